The van der Waals surface area contributed by atoms with E-state index in [9.17, 15) is 0 Å². The summed E-state index contributed by atoms with van der Waals surface area (Å²) >= 11 is 0. The van der Waals surface area contributed by atoms with Gasteiger partial charge in [-0.1, -0.05) is 13.3 Å². The number of hydrogen-bond donors (Lipinski definition) is 1. The van der Waals surface area contributed by atoms with Gasteiger partial charge in [0.2, 0.25) is 0 Å². The lowest BCUT2D eigenvalue weighted by Crippen LogP contribution is -2.46. The van der Waals surface area contributed by atoms with Crippen LogP contribution in [0.15, 0.2) is 0 Å². The Hall–Kier alpha value is -0.120. The van der Waals surface area contributed by atoms with Gasteiger partial charge in [-0.15, -0.1) is 0 Å². The van der Waals surface area contributed by atoms with Gasteiger partial charge >= 0.3 is 0 Å². The third-order valence-electron chi connectivity index (χ3n) is 4.16. The van der Waals surface area contributed by atoms with Crippen molar-refractivity contribution in [1.82, 2.24) is 10.2 Å². The molecule has 3 nitrogen and oxygen atoms in total. The van der Waals surface area contributed by atoms with E-state index >= 15 is 0 Å². The van der Waals surface area contributed by atoms with Crippen LogP contribution in [0.4, 0.5) is 0 Å². The summed E-state index contributed by atoms with van der Waals surface area (Å²) in [5, 5.41) is 3.65. The molecule has 0 aromatic rings. The van der Waals surface area contributed by atoms with E-state index in [4.69, 9.17) is 4.74 Å². The maximum Gasteiger partial charge on any atom is 0.0491 e. The molecule has 0 aromatic heterocycles. The quantitative estimate of drug-likeness (QED) is 0.722. The second-order valence-corrected chi connectivity index (χ2v) is 5.88. The first-order valence-corrected chi connectivity index (χ1v) is 7.63. The summed E-state index contributed by atoms with van der Waals surface area (Å²) < 4.78 is 5.25. The van der Waals surface area contributed by atoms with Gasteiger partial charge in [-0.2, -0.15) is 0 Å². The Labute approximate surface area is 113 Å². The number of ether oxygens (including phenoxy) is 1. The third kappa shape index (κ3) is 5.68. The predicted octanol–water partition coefficient (Wildman–Crippen LogP) is 2.51. The Bertz CT molecular complexity index is 203. The Kier molecular flexibility index (Phi) is 7.87. The molecule has 0 aliphatic carbocycles. The maximum absolute atomic E-state index is 5.25. The van der Waals surface area contributed by atoms with E-state index < -0.39 is 0 Å². The van der Waals surface area contributed by atoms with Crippen LogP contribution in [-0.2, 0) is 4.74 Å². The number of hydrogen-bond acceptors (Lipinski definition) is 3. The molecule has 2 unspecified atom stereocenters. The Morgan fingerprint density at radius 1 is 1.28 bits per heavy atom. The minimum absolute atomic E-state index is 0.656. The predicted molar refractivity (Wildman–Crippen MR) is 78.0 cm³/mol. The van der Waals surface area contributed by atoms with Gasteiger partial charge in [0.1, 0.15) is 0 Å². The molecule has 0 spiro atoms. The smallest absolute Gasteiger partial charge is 0.0491 e. The lowest BCUT2D eigenvalue weighted by Gasteiger charge is -2.36. The molecule has 0 amide bonds. The lowest BCUT2D eigenvalue weighted by molar-refractivity contribution is 0.0825. The Morgan fingerprint density at radius 3 is 2.50 bits per heavy atom. The largest absolute Gasteiger partial charge is 0.384 e. The van der Waals surface area contributed by atoms with Crippen molar-refractivity contribution in [2.24, 2.45) is 5.92 Å². The Morgan fingerprint density at radius 2 is 1.94 bits per heavy atom. The minimum Gasteiger partial charge on any atom is -0.384 e. The van der Waals surface area contributed by atoms with Crippen LogP contribution < -0.4 is 5.32 Å². The van der Waals surface area contributed by atoms with Crippen LogP contribution in [-0.4, -0.2) is 50.3 Å². The molecular formula is C15H32N2O. The summed E-state index contributed by atoms with van der Waals surface area (Å²) in [5.41, 5.74) is 0. The molecule has 0 aromatic carbocycles. The summed E-state index contributed by atoms with van der Waals surface area (Å²) in [6.07, 6.45) is 5.14. The molecule has 1 aliphatic heterocycles. The van der Waals surface area contributed by atoms with E-state index in [1.165, 1.54) is 38.8 Å². The van der Waals surface area contributed by atoms with Crippen LogP contribution in [0, 0.1) is 5.92 Å². The molecule has 3 heteroatoms. The first-order chi connectivity index (χ1) is 8.67. The van der Waals surface area contributed by atoms with Crippen molar-refractivity contribution in [3.8, 4) is 0 Å². The van der Waals surface area contributed by atoms with E-state index in [1.54, 1.807) is 0 Å². The molecular weight excluding hydrogens is 224 g/mol. The fraction of sp³-hybridized carbons (Fsp3) is 1.00. The normalized spacial score (nSPS) is 22.0. The summed E-state index contributed by atoms with van der Waals surface area (Å²) in [5.74, 6) is 0.783. The number of likely N-dealkylation sites (tertiary alicyclic amines) is 1. The zero-order valence-corrected chi connectivity index (χ0v) is 12.7. The third-order valence-corrected chi connectivity index (χ3v) is 4.16. The fourth-order valence-electron chi connectivity index (χ4n) is 2.83. The maximum atomic E-state index is 5.25. The lowest BCUT2D eigenvalue weighted by atomic mass is 9.97. The summed E-state index contributed by atoms with van der Waals surface area (Å²) in [6, 6.07) is 1.32. The number of piperidine rings is 1. The molecule has 1 heterocycles. The minimum atomic E-state index is 0.656. The van der Waals surface area contributed by atoms with Gasteiger partial charge in [-0.25, -0.2) is 0 Å². The molecule has 0 radical (unpaired) electrons. The van der Waals surface area contributed by atoms with Crippen molar-refractivity contribution in [1.29, 1.82) is 0 Å². The van der Waals surface area contributed by atoms with Crippen molar-refractivity contribution >= 4 is 0 Å². The van der Waals surface area contributed by atoms with Crippen LogP contribution in [0.3, 0.4) is 0 Å². The van der Waals surface area contributed by atoms with E-state index in [-0.39, 0.29) is 0 Å². The van der Waals surface area contributed by atoms with E-state index in [2.05, 4.69) is 31.0 Å². The van der Waals surface area contributed by atoms with E-state index in [1.807, 2.05) is 7.11 Å². The zero-order valence-electron chi connectivity index (χ0n) is 12.7. The van der Waals surface area contributed by atoms with Crippen molar-refractivity contribution in [2.45, 2.75) is 58.5 Å². The first-order valence-electron chi connectivity index (χ1n) is 7.63. The molecule has 108 valence electrons. The molecule has 18 heavy (non-hydrogen) atoms. The van der Waals surface area contributed by atoms with Crippen LogP contribution in [0.25, 0.3) is 0 Å². The molecule has 1 saturated heterocycles. The molecule has 1 N–H and O–H groups in total. The average molecular weight is 256 g/mol. The summed E-state index contributed by atoms with van der Waals surface area (Å²) in [7, 11) is 1.81. The van der Waals surface area contributed by atoms with E-state index in [0.29, 0.717) is 12.1 Å². The second-order valence-electron chi connectivity index (χ2n) is 5.88. The fourth-order valence-corrected chi connectivity index (χ4v) is 2.83. The topological polar surface area (TPSA) is 24.5 Å². The van der Waals surface area contributed by atoms with Crippen LogP contribution >= 0.6 is 0 Å². The van der Waals surface area contributed by atoms with Gasteiger partial charge in [0.25, 0.3) is 0 Å². The van der Waals surface area contributed by atoms with E-state index in [0.717, 1.165) is 19.1 Å². The summed E-state index contributed by atoms with van der Waals surface area (Å²) in [4.78, 5) is 2.62. The monoisotopic (exact) mass is 256 g/mol. The molecule has 1 aliphatic rings. The molecule has 1 fully saturated rings. The molecule has 2 atom stereocenters. The number of methoxy groups -OCH3 is 1. The summed E-state index contributed by atoms with van der Waals surface area (Å²) in [6.45, 7) is 11.4. The van der Waals surface area contributed by atoms with Crippen molar-refractivity contribution < 1.29 is 4.74 Å². The van der Waals surface area contributed by atoms with Gasteiger partial charge in [0, 0.05) is 32.3 Å². The Balaban J connectivity index is 2.17. The zero-order chi connectivity index (χ0) is 13.4. The van der Waals surface area contributed by atoms with Gasteiger partial charge in [-0.3, -0.25) is 4.90 Å². The van der Waals surface area contributed by atoms with Gasteiger partial charge < -0.3 is 10.1 Å². The van der Waals surface area contributed by atoms with Crippen LogP contribution in [0.2, 0.25) is 0 Å². The highest BCUT2D eigenvalue weighted by Gasteiger charge is 2.22. The van der Waals surface area contributed by atoms with Crippen LogP contribution in [0.5, 0.6) is 0 Å². The highest BCUT2D eigenvalue weighted by molar-refractivity contribution is 4.78. The number of nitrogens with zero attached hydrogens (tertiary/aromatic N) is 1. The molecule has 0 bridgehead atoms. The van der Waals surface area contributed by atoms with Gasteiger partial charge in [-0.05, 0) is 52.1 Å². The van der Waals surface area contributed by atoms with Crippen molar-refractivity contribution in [2.75, 3.05) is 33.4 Å². The highest BCUT2D eigenvalue weighted by atomic mass is 16.5. The molecule has 0 saturated carbocycles. The van der Waals surface area contributed by atoms with Crippen LogP contribution in [0.1, 0.15) is 46.5 Å². The average Bonchev–Trinajstić information content (AvgIpc) is 2.37. The standard InChI is InChI=1S/C15H32N2O/c1-5-6-13(2)16-11-14(3)17-9-7-15(8-10-17)12-18-4/h13-16H,5-12H2,1-4H3. The van der Waals surface area contributed by atoms with Crippen molar-refractivity contribution in [3.63, 3.8) is 0 Å². The first kappa shape index (κ1) is 15.9. The highest BCUT2D eigenvalue weighted by Crippen LogP contribution is 2.18. The number of nitrogens with one attached hydrogen (secondary N) is 1. The molecule has 1 rings (SSSR count). The second kappa shape index (κ2) is 8.89. The number of rotatable bonds is 8. The van der Waals surface area contributed by atoms with Gasteiger partial charge in [0.15, 0.2) is 0 Å². The SMILES string of the molecule is CCCC(C)NCC(C)N1CCC(COC)CC1. The van der Waals surface area contributed by atoms with Gasteiger partial charge in [0.05, 0.1) is 0 Å². The van der Waals surface area contributed by atoms with Crippen molar-refractivity contribution in [3.05, 3.63) is 0 Å².